The first kappa shape index (κ1) is 12.5. The molecule has 0 aromatic carbocycles. The Hall–Kier alpha value is -1.58. The van der Waals surface area contributed by atoms with Gasteiger partial charge in [0.2, 0.25) is 0 Å². The first-order valence-corrected chi connectivity index (χ1v) is 5.49. The summed E-state index contributed by atoms with van der Waals surface area (Å²) in [6, 6.07) is 4.08. The van der Waals surface area contributed by atoms with Crippen molar-refractivity contribution in [1.82, 2.24) is 4.98 Å². The average Bonchev–Trinajstić information content (AvgIpc) is 2.20. The number of ether oxygens (including phenoxy) is 1. The maximum Gasteiger partial charge on any atom is 0.311 e. The van der Waals surface area contributed by atoms with Crippen LogP contribution in [0.25, 0.3) is 0 Å². The van der Waals surface area contributed by atoms with Crippen LogP contribution in [0.4, 0.5) is 5.69 Å². The SMILES string of the molecule is CCOC(=O)Cc1ncccc1NC(C)C. The fourth-order valence-corrected chi connectivity index (χ4v) is 1.37. The highest BCUT2D eigenvalue weighted by atomic mass is 16.5. The minimum atomic E-state index is -0.243. The Morgan fingerprint density at radius 2 is 2.31 bits per heavy atom. The Balaban J connectivity index is 2.74. The zero-order valence-corrected chi connectivity index (χ0v) is 9.99. The molecule has 0 amide bonds. The molecule has 88 valence electrons. The molecule has 0 bridgehead atoms. The summed E-state index contributed by atoms with van der Waals surface area (Å²) < 4.78 is 4.90. The molecule has 1 heterocycles. The van der Waals surface area contributed by atoms with Crippen LogP contribution in [0.5, 0.6) is 0 Å². The normalized spacial score (nSPS) is 10.2. The molecule has 0 fully saturated rings. The molecule has 1 N–H and O–H groups in total. The third-order valence-corrected chi connectivity index (χ3v) is 1.95. The number of rotatable bonds is 5. The summed E-state index contributed by atoms with van der Waals surface area (Å²) >= 11 is 0. The number of pyridine rings is 1. The quantitative estimate of drug-likeness (QED) is 0.774. The lowest BCUT2D eigenvalue weighted by Crippen LogP contribution is -2.15. The summed E-state index contributed by atoms with van der Waals surface area (Å²) in [6.07, 6.45) is 1.89. The molecule has 0 saturated heterocycles. The lowest BCUT2D eigenvalue weighted by Gasteiger charge is -2.13. The standard InChI is InChI=1S/C12H18N2O2/c1-4-16-12(15)8-11-10(14-9(2)3)6-5-7-13-11/h5-7,9,14H,4,8H2,1-3H3. The summed E-state index contributed by atoms with van der Waals surface area (Å²) in [5, 5.41) is 3.25. The van der Waals surface area contributed by atoms with Gasteiger partial charge in [0, 0.05) is 12.2 Å². The van der Waals surface area contributed by atoms with Crippen LogP contribution in [0.15, 0.2) is 18.3 Å². The first-order chi connectivity index (χ1) is 7.63. The van der Waals surface area contributed by atoms with Gasteiger partial charge in [-0.3, -0.25) is 9.78 Å². The van der Waals surface area contributed by atoms with E-state index in [1.807, 2.05) is 26.0 Å². The lowest BCUT2D eigenvalue weighted by atomic mass is 10.2. The lowest BCUT2D eigenvalue weighted by molar-refractivity contribution is -0.142. The van der Waals surface area contributed by atoms with Crippen molar-refractivity contribution in [3.63, 3.8) is 0 Å². The molecule has 4 nitrogen and oxygen atoms in total. The van der Waals surface area contributed by atoms with Crippen molar-refractivity contribution < 1.29 is 9.53 Å². The van der Waals surface area contributed by atoms with Crippen LogP contribution in [0, 0.1) is 0 Å². The second-order valence-electron chi connectivity index (χ2n) is 3.78. The number of esters is 1. The van der Waals surface area contributed by atoms with E-state index in [0.29, 0.717) is 12.6 Å². The minimum absolute atomic E-state index is 0.212. The Bertz CT molecular complexity index is 351. The van der Waals surface area contributed by atoms with Gasteiger partial charge in [-0.25, -0.2) is 0 Å². The molecule has 1 rings (SSSR count). The fourth-order valence-electron chi connectivity index (χ4n) is 1.37. The molecular formula is C12H18N2O2. The van der Waals surface area contributed by atoms with E-state index in [2.05, 4.69) is 10.3 Å². The second-order valence-corrected chi connectivity index (χ2v) is 3.78. The summed E-state index contributed by atoms with van der Waals surface area (Å²) in [4.78, 5) is 15.6. The van der Waals surface area contributed by atoms with Gasteiger partial charge in [0.1, 0.15) is 0 Å². The van der Waals surface area contributed by atoms with Crippen LogP contribution >= 0.6 is 0 Å². The van der Waals surface area contributed by atoms with Crippen LogP contribution in [-0.2, 0) is 16.0 Å². The summed E-state index contributed by atoms with van der Waals surface area (Å²) in [7, 11) is 0. The van der Waals surface area contributed by atoms with Gasteiger partial charge in [-0.15, -0.1) is 0 Å². The van der Waals surface area contributed by atoms with Crippen molar-refractivity contribution in [1.29, 1.82) is 0 Å². The predicted octanol–water partition coefficient (Wildman–Crippen LogP) is 2.01. The van der Waals surface area contributed by atoms with Gasteiger partial charge < -0.3 is 10.1 Å². The number of carbonyl (C=O) groups is 1. The van der Waals surface area contributed by atoms with Gasteiger partial charge in [0.15, 0.2) is 0 Å². The minimum Gasteiger partial charge on any atom is -0.466 e. The Labute approximate surface area is 96.0 Å². The maximum atomic E-state index is 11.4. The van der Waals surface area contributed by atoms with Gasteiger partial charge in [-0.05, 0) is 32.9 Å². The smallest absolute Gasteiger partial charge is 0.311 e. The van der Waals surface area contributed by atoms with Crippen molar-refractivity contribution in [3.8, 4) is 0 Å². The van der Waals surface area contributed by atoms with Crippen molar-refractivity contribution in [2.45, 2.75) is 33.2 Å². The van der Waals surface area contributed by atoms with Crippen molar-refractivity contribution >= 4 is 11.7 Å². The van der Waals surface area contributed by atoms with E-state index in [1.165, 1.54) is 0 Å². The Morgan fingerprint density at radius 3 is 2.94 bits per heavy atom. The van der Waals surface area contributed by atoms with Crippen LogP contribution < -0.4 is 5.32 Å². The van der Waals surface area contributed by atoms with E-state index >= 15 is 0 Å². The second kappa shape index (κ2) is 6.10. The highest BCUT2D eigenvalue weighted by molar-refractivity contribution is 5.74. The highest BCUT2D eigenvalue weighted by Crippen LogP contribution is 2.14. The number of nitrogens with one attached hydrogen (secondary N) is 1. The molecule has 0 aliphatic rings. The number of hydrogen-bond donors (Lipinski definition) is 1. The number of nitrogens with zero attached hydrogens (tertiary/aromatic N) is 1. The molecule has 4 heteroatoms. The average molecular weight is 222 g/mol. The zero-order chi connectivity index (χ0) is 12.0. The zero-order valence-electron chi connectivity index (χ0n) is 9.99. The van der Waals surface area contributed by atoms with Crippen molar-refractivity contribution in [2.75, 3.05) is 11.9 Å². The molecule has 1 aromatic rings. The molecule has 0 radical (unpaired) electrons. The Kier molecular flexibility index (Phi) is 4.76. The monoisotopic (exact) mass is 222 g/mol. The van der Waals surface area contributed by atoms with Crippen molar-refractivity contribution in [2.24, 2.45) is 0 Å². The number of carbonyl (C=O) groups excluding carboxylic acids is 1. The van der Waals surface area contributed by atoms with Gasteiger partial charge in [-0.2, -0.15) is 0 Å². The van der Waals surface area contributed by atoms with E-state index in [0.717, 1.165) is 11.4 Å². The fraction of sp³-hybridized carbons (Fsp3) is 0.500. The number of hydrogen-bond acceptors (Lipinski definition) is 4. The van der Waals surface area contributed by atoms with Gasteiger partial charge in [0.05, 0.1) is 24.4 Å². The van der Waals surface area contributed by atoms with Crippen LogP contribution in [0.1, 0.15) is 26.5 Å². The molecule has 0 unspecified atom stereocenters. The van der Waals surface area contributed by atoms with Crippen molar-refractivity contribution in [3.05, 3.63) is 24.0 Å². The van der Waals surface area contributed by atoms with E-state index in [-0.39, 0.29) is 12.4 Å². The van der Waals surface area contributed by atoms with E-state index in [9.17, 15) is 4.79 Å². The molecular weight excluding hydrogens is 204 g/mol. The first-order valence-electron chi connectivity index (χ1n) is 5.49. The molecule has 0 aliphatic carbocycles. The summed E-state index contributed by atoms with van der Waals surface area (Å²) in [6.45, 7) is 6.28. The van der Waals surface area contributed by atoms with Gasteiger partial charge in [-0.1, -0.05) is 0 Å². The maximum absolute atomic E-state index is 11.4. The van der Waals surface area contributed by atoms with Gasteiger partial charge in [0.25, 0.3) is 0 Å². The van der Waals surface area contributed by atoms with E-state index < -0.39 is 0 Å². The molecule has 0 saturated carbocycles. The molecule has 0 atom stereocenters. The number of aromatic nitrogens is 1. The molecule has 0 aliphatic heterocycles. The molecule has 16 heavy (non-hydrogen) atoms. The van der Waals surface area contributed by atoms with Crippen LogP contribution in [0.3, 0.4) is 0 Å². The predicted molar refractivity (Wildman–Crippen MR) is 63.3 cm³/mol. The third-order valence-electron chi connectivity index (χ3n) is 1.95. The van der Waals surface area contributed by atoms with Gasteiger partial charge >= 0.3 is 5.97 Å². The topological polar surface area (TPSA) is 51.2 Å². The van der Waals surface area contributed by atoms with E-state index in [1.54, 1.807) is 13.1 Å². The highest BCUT2D eigenvalue weighted by Gasteiger charge is 2.10. The van der Waals surface area contributed by atoms with E-state index in [4.69, 9.17) is 4.74 Å². The third kappa shape index (κ3) is 3.88. The Morgan fingerprint density at radius 1 is 1.56 bits per heavy atom. The molecule has 1 aromatic heterocycles. The van der Waals surface area contributed by atoms with Crippen LogP contribution in [0.2, 0.25) is 0 Å². The molecule has 0 spiro atoms. The summed E-state index contributed by atoms with van der Waals surface area (Å²) in [5.41, 5.74) is 1.63. The largest absolute Gasteiger partial charge is 0.466 e. The number of anilines is 1. The summed E-state index contributed by atoms with van der Waals surface area (Å²) in [5.74, 6) is -0.243. The van der Waals surface area contributed by atoms with Crippen LogP contribution in [-0.4, -0.2) is 23.6 Å².